The maximum atomic E-state index is 9.35. The van der Waals surface area contributed by atoms with E-state index in [9.17, 15) is 5.11 Å². The minimum Gasteiger partial charge on any atom is -0.393 e. The van der Waals surface area contributed by atoms with E-state index < -0.39 is 0 Å². The van der Waals surface area contributed by atoms with Gasteiger partial charge < -0.3 is 15.2 Å². The fraction of sp³-hybridized carbons (Fsp3) is 1.00. The highest BCUT2D eigenvalue weighted by Gasteiger charge is 2.20. The molecule has 0 spiro atoms. The van der Waals surface area contributed by atoms with Crippen LogP contribution in [0.25, 0.3) is 0 Å². The summed E-state index contributed by atoms with van der Waals surface area (Å²) in [4.78, 5) is 0. The van der Waals surface area contributed by atoms with Crippen LogP contribution in [-0.2, 0) is 4.74 Å². The van der Waals surface area contributed by atoms with Gasteiger partial charge in [0.25, 0.3) is 0 Å². The van der Waals surface area contributed by atoms with E-state index in [4.69, 9.17) is 4.74 Å². The molecule has 84 valence electrons. The van der Waals surface area contributed by atoms with Gasteiger partial charge in [0.2, 0.25) is 0 Å². The molecule has 1 aliphatic carbocycles. The van der Waals surface area contributed by atoms with Crippen molar-refractivity contribution in [1.29, 1.82) is 0 Å². The largest absolute Gasteiger partial charge is 0.393 e. The molecule has 0 amide bonds. The van der Waals surface area contributed by atoms with E-state index in [0.717, 1.165) is 38.9 Å². The van der Waals surface area contributed by atoms with Crippen molar-refractivity contribution in [1.82, 2.24) is 5.32 Å². The van der Waals surface area contributed by atoms with Gasteiger partial charge >= 0.3 is 0 Å². The Labute approximate surface area is 86.8 Å². The second-order valence-electron chi connectivity index (χ2n) is 4.23. The lowest BCUT2D eigenvalue weighted by Crippen LogP contribution is -2.41. The Morgan fingerprint density at radius 2 is 2.00 bits per heavy atom. The molecule has 0 bridgehead atoms. The summed E-state index contributed by atoms with van der Waals surface area (Å²) in [6.07, 6.45) is 4.02. The molecule has 3 nitrogen and oxygen atoms in total. The maximum absolute atomic E-state index is 9.35. The van der Waals surface area contributed by atoms with Gasteiger partial charge in [-0.25, -0.2) is 0 Å². The van der Waals surface area contributed by atoms with E-state index in [1.807, 2.05) is 6.92 Å². The van der Waals surface area contributed by atoms with Crippen LogP contribution >= 0.6 is 0 Å². The lowest BCUT2D eigenvalue weighted by molar-refractivity contribution is 0.0978. The highest BCUT2D eigenvalue weighted by molar-refractivity contribution is 4.78. The molecular formula is C11H23NO2. The highest BCUT2D eigenvalue weighted by Crippen LogP contribution is 2.18. The van der Waals surface area contributed by atoms with Gasteiger partial charge in [-0.05, 0) is 39.5 Å². The molecule has 0 aromatic heterocycles. The van der Waals surface area contributed by atoms with Crippen molar-refractivity contribution in [2.45, 2.75) is 57.7 Å². The SMILES string of the molecule is CCOCC(C)NC1CCC(O)CC1. The number of hydrogen-bond donors (Lipinski definition) is 2. The predicted molar refractivity (Wildman–Crippen MR) is 57.4 cm³/mol. The zero-order valence-electron chi connectivity index (χ0n) is 9.33. The third kappa shape index (κ3) is 4.40. The summed E-state index contributed by atoms with van der Waals surface area (Å²) >= 11 is 0. The van der Waals surface area contributed by atoms with Gasteiger partial charge in [0.15, 0.2) is 0 Å². The first kappa shape index (κ1) is 12.0. The van der Waals surface area contributed by atoms with Crippen LogP contribution in [0.3, 0.4) is 0 Å². The Bertz CT molecular complexity index is 144. The molecule has 14 heavy (non-hydrogen) atoms. The topological polar surface area (TPSA) is 41.5 Å². The van der Waals surface area contributed by atoms with Crippen LogP contribution in [0, 0.1) is 0 Å². The lowest BCUT2D eigenvalue weighted by Gasteiger charge is -2.28. The molecule has 0 radical (unpaired) electrons. The van der Waals surface area contributed by atoms with Crippen LogP contribution in [0.5, 0.6) is 0 Å². The van der Waals surface area contributed by atoms with Gasteiger partial charge in [0.05, 0.1) is 12.7 Å². The number of aliphatic hydroxyl groups excluding tert-OH is 1. The molecule has 0 aromatic rings. The summed E-state index contributed by atoms with van der Waals surface area (Å²) in [6, 6.07) is 1.00. The third-order valence-electron chi connectivity index (χ3n) is 2.79. The van der Waals surface area contributed by atoms with Crippen LogP contribution in [0.1, 0.15) is 39.5 Å². The summed E-state index contributed by atoms with van der Waals surface area (Å²) < 4.78 is 5.35. The van der Waals surface area contributed by atoms with Gasteiger partial charge in [-0.15, -0.1) is 0 Å². The normalized spacial score (nSPS) is 30.2. The molecule has 0 heterocycles. The van der Waals surface area contributed by atoms with Crippen LogP contribution in [0.2, 0.25) is 0 Å². The Kier molecular flexibility index (Phi) is 5.45. The molecule has 2 N–H and O–H groups in total. The van der Waals surface area contributed by atoms with Crippen molar-refractivity contribution in [2.75, 3.05) is 13.2 Å². The first-order chi connectivity index (χ1) is 6.72. The van der Waals surface area contributed by atoms with Crippen LogP contribution in [0.15, 0.2) is 0 Å². The predicted octanol–water partition coefficient (Wildman–Crippen LogP) is 1.30. The number of ether oxygens (including phenoxy) is 1. The molecule has 0 aliphatic heterocycles. The third-order valence-corrected chi connectivity index (χ3v) is 2.79. The van der Waals surface area contributed by atoms with Crippen molar-refractivity contribution in [3.8, 4) is 0 Å². The summed E-state index contributed by atoms with van der Waals surface area (Å²) in [6.45, 7) is 5.75. The Hall–Kier alpha value is -0.120. The molecule has 1 saturated carbocycles. The minimum absolute atomic E-state index is 0.0600. The number of rotatable bonds is 5. The quantitative estimate of drug-likeness (QED) is 0.704. The van der Waals surface area contributed by atoms with Gasteiger partial charge in [-0.1, -0.05) is 0 Å². The molecule has 0 aromatic carbocycles. The van der Waals surface area contributed by atoms with Crippen molar-refractivity contribution in [3.05, 3.63) is 0 Å². The van der Waals surface area contributed by atoms with E-state index in [1.165, 1.54) is 0 Å². The van der Waals surface area contributed by atoms with E-state index >= 15 is 0 Å². The molecule has 1 rings (SSSR count). The Balaban J connectivity index is 2.10. The first-order valence-electron chi connectivity index (χ1n) is 5.74. The average Bonchev–Trinajstić information content (AvgIpc) is 2.18. The van der Waals surface area contributed by atoms with Gasteiger partial charge in [-0.2, -0.15) is 0 Å². The zero-order valence-corrected chi connectivity index (χ0v) is 9.33. The maximum Gasteiger partial charge on any atom is 0.0616 e. The summed E-state index contributed by atoms with van der Waals surface area (Å²) in [7, 11) is 0. The monoisotopic (exact) mass is 201 g/mol. The van der Waals surface area contributed by atoms with Crippen LogP contribution in [0.4, 0.5) is 0 Å². The fourth-order valence-electron chi connectivity index (χ4n) is 1.99. The van der Waals surface area contributed by atoms with Crippen molar-refractivity contribution >= 4 is 0 Å². The second kappa shape index (κ2) is 6.38. The molecule has 1 atom stereocenters. The van der Waals surface area contributed by atoms with Crippen LogP contribution < -0.4 is 5.32 Å². The fourth-order valence-corrected chi connectivity index (χ4v) is 1.99. The van der Waals surface area contributed by atoms with Crippen LogP contribution in [-0.4, -0.2) is 36.5 Å². The van der Waals surface area contributed by atoms with Crippen molar-refractivity contribution in [3.63, 3.8) is 0 Å². The van der Waals surface area contributed by atoms with Crippen molar-refractivity contribution < 1.29 is 9.84 Å². The minimum atomic E-state index is -0.0600. The van der Waals surface area contributed by atoms with E-state index in [0.29, 0.717) is 12.1 Å². The number of nitrogens with one attached hydrogen (secondary N) is 1. The van der Waals surface area contributed by atoms with Gasteiger partial charge in [0.1, 0.15) is 0 Å². The highest BCUT2D eigenvalue weighted by atomic mass is 16.5. The molecule has 0 saturated heterocycles. The van der Waals surface area contributed by atoms with E-state index in [1.54, 1.807) is 0 Å². The van der Waals surface area contributed by atoms with Crippen molar-refractivity contribution in [2.24, 2.45) is 0 Å². The van der Waals surface area contributed by atoms with E-state index in [2.05, 4.69) is 12.2 Å². The van der Waals surface area contributed by atoms with E-state index in [-0.39, 0.29) is 6.10 Å². The summed E-state index contributed by atoms with van der Waals surface area (Å²) in [5.41, 5.74) is 0. The Morgan fingerprint density at radius 1 is 1.36 bits per heavy atom. The molecule has 1 fully saturated rings. The lowest BCUT2D eigenvalue weighted by atomic mass is 9.93. The molecule has 1 unspecified atom stereocenters. The van der Waals surface area contributed by atoms with Gasteiger partial charge in [-0.3, -0.25) is 0 Å². The number of aliphatic hydroxyl groups is 1. The first-order valence-corrected chi connectivity index (χ1v) is 5.74. The Morgan fingerprint density at radius 3 is 2.57 bits per heavy atom. The zero-order chi connectivity index (χ0) is 10.4. The molecule has 1 aliphatic rings. The van der Waals surface area contributed by atoms with Gasteiger partial charge in [0, 0.05) is 18.7 Å². The second-order valence-corrected chi connectivity index (χ2v) is 4.23. The summed E-state index contributed by atoms with van der Waals surface area (Å²) in [5, 5.41) is 12.9. The smallest absolute Gasteiger partial charge is 0.0616 e. The molecule has 3 heteroatoms. The standard InChI is InChI=1S/C11H23NO2/c1-3-14-8-9(2)12-10-4-6-11(13)7-5-10/h9-13H,3-8H2,1-2H3. The molecular weight excluding hydrogens is 178 g/mol. The summed E-state index contributed by atoms with van der Waals surface area (Å²) in [5.74, 6) is 0. The average molecular weight is 201 g/mol. The number of hydrogen-bond acceptors (Lipinski definition) is 3.